The number of rotatable bonds is 2. The number of aliphatic carboxylic acids is 1. The summed E-state index contributed by atoms with van der Waals surface area (Å²) < 4.78 is 13.1. The lowest BCUT2D eigenvalue weighted by atomic mass is 10.1. The summed E-state index contributed by atoms with van der Waals surface area (Å²) in [6.45, 7) is 0. The van der Waals surface area contributed by atoms with Gasteiger partial charge >= 0.3 is 5.97 Å². The summed E-state index contributed by atoms with van der Waals surface area (Å²) in [6.07, 6.45) is -0.283. The van der Waals surface area contributed by atoms with Crippen molar-refractivity contribution in [3.05, 3.63) is 33.0 Å². The number of hydrogen-bond donors (Lipinski definition) is 1. The highest BCUT2D eigenvalue weighted by Crippen LogP contribution is 2.27. The van der Waals surface area contributed by atoms with Crippen LogP contribution in [0.2, 0.25) is 5.02 Å². The maximum absolute atomic E-state index is 12.8. The van der Waals surface area contributed by atoms with Crippen molar-refractivity contribution in [2.75, 3.05) is 0 Å². The molecule has 0 saturated carbocycles. The Morgan fingerprint density at radius 2 is 2.23 bits per heavy atom. The Balaban J connectivity index is 3.12. The molecule has 0 aromatic heterocycles. The van der Waals surface area contributed by atoms with E-state index in [0.29, 0.717) is 4.47 Å². The Kier molecular flexibility index (Phi) is 3.27. The summed E-state index contributed by atoms with van der Waals surface area (Å²) in [5.74, 6) is -1.55. The second kappa shape index (κ2) is 4.07. The molecule has 1 rings (SSSR count). The van der Waals surface area contributed by atoms with E-state index in [1.54, 1.807) is 0 Å². The lowest BCUT2D eigenvalue weighted by molar-refractivity contribution is -0.136. The first kappa shape index (κ1) is 10.5. The molecule has 0 aliphatic rings. The molecule has 0 saturated heterocycles. The lowest BCUT2D eigenvalue weighted by Crippen LogP contribution is -2.01. The van der Waals surface area contributed by atoms with Gasteiger partial charge in [-0.3, -0.25) is 4.79 Å². The van der Waals surface area contributed by atoms with Crippen LogP contribution < -0.4 is 0 Å². The smallest absolute Gasteiger partial charge is 0.307 e. The van der Waals surface area contributed by atoms with Gasteiger partial charge < -0.3 is 5.11 Å². The topological polar surface area (TPSA) is 37.3 Å². The van der Waals surface area contributed by atoms with Gasteiger partial charge in [0, 0.05) is 4.47 Å². The number of hydrogen-bond acceptors (Lipinski definition) is 1. The summed E-state index contributed by atoms with van der Waals surface area (Å²) >= 11 is 8.75. The molecule has 0 heterocycles. The van der Waals surface area contributed by atoms with Crippen LogP contribution in [0, 0.1) is 5.82 Å². The van der Waals surface area contributed by atoms with Gasteiger partial charge in [0.05, 0.1) is 11.4 Å². The summed E-state index contributed by atoms with van der Waals surface area (Å²) in [5, 5.41) is 8.72. The Labute approximate surface area is 87.5 Å². The molecule has 0 radical (unpaired) electrons. The van der Waals surface area contributed by atoms with Gasteiger partial charge in [-0.15, -0.1) is 0 Å². The third kappa shape index (κ3) is 2.67. The maximum atomic E-state index is 12.8. The van der Waals surface area contributed by atoms with E-state index < -0.39 is 11.8 Å². The van der Waals surface area contributed by atoms with Gasteiger partial charge in [-0.2, -0.15) is 0 Å². The average molecular weight is 267 g/mol. The Morgan fingerprint density at radius 1 is 1.62 bits per heavy atom. The molecule has 0 aliphatic carbocycles. The van der Waals surface area contributed by atoms with E-state index in [0.717, 1.165) is 6.07 Å². The maximum Gasteiger partial charge on any atom is 0.307 e. The predicted octanol–water partition coefficient (Wildman–Crippen LogP) is 2.87. The molecule has 0 atom stereocenters. The summed E-state index contributed by atoms with van der Waals surface area (Å²) in [4.78, 5) is 10.3. The van der Waals surface area contributed by atoms with Crippen LogP contribution in [-0.2, 0) is 11.2 Å². The van der Waals surface area contributed by atoms with E-state index in [2.05, 4.69) is 15.9 Å². The second-order valence-corrected chi connectivity index (χ2v) is 3.66. The highest BCUT2D eigenvalue weighted by molar-refractivity contribution is 9.10. The SMILES string of the molecule is O=C(O)Cc1cc(F)cc(Br)c1Cl. The van der Waals surface area contributed by atoms with Gasteiger partial charge in [0.2, 0.25) is 0 Å². The van der Waals surface area contributed by atoms with Gasteiger partial charge in [-0.25, -0.2) is 4.39 Å². The van der Waals surface area contributed by atoms with Gasteiger partial charge in [-0.05, 0) is 33.6 Å². The molecule has 0 unspecified atom stereocenters. The highest BCUT2D eigenvalue weighted by Gasteiger charge is 2.10. The van der Waals surface area contributed by atoms with Crippen LogP contribution in [0.25, 0.3) is 0 Å². The number of carbonyl (C=O) groups is 1. The molecule has 1 aromatic carbocycles. The molecule has 0 aliphatic heterocycles. The number of halogens is 3. The van der Waals surface area contributed by atoms with E-state index in [9.17, 15) is 9.18 Å². The van der Waals surface area contributed by atoms with Crippen molar-refractivity contribution >= 4 is 33.5 Å². The first-order valence-corrected chi connectivity index (χ1v) is 4.53. The molecule has 70 valence electrons. The fourth-order valence-electron chi connectivity index (χ4n) is 0.901. The molecule has 2 nitrogen and oxygen atoms in total. The molecule has 13 heavy (non-hydrogen) atoms. The van der Waals surface area contributed by atoms with Gasteiger partial charge in [0.15, 0.2) is 0 Å². The summed E-state index contributed by atoms with van der Waals surface area (Å²) in [5.41, 5.74) is 0.265. The van der Waals surface area contributed by atoms with Crippen molar-refractivity contribution in [2.45, 2.75) is 6.42 Å². The van der Waals surface area contributed by atoms with Gasteiger partial charge in [0.25, 0.3) is 0 Å². The van der Waals surface area contributed by atoms with Crippen LogP contribution in [0.4, 0.5) is 4.39 Å². The molecule has 5 heteroatoms. The third-order valence-corrected chi connectivity index (χ3v) is 2.71. The Hall–Kier alpha value is -0.610. The van der Waals surface area contributed by atoms with Crippen LogP contribution in [0.15, 0.2) is 16.6 Å². The Bertz CT molecular complexity index is 354. The van der Waals surface area contributed by atoms with Gasteiger partial charge in [0.1, 0.15) is 5.82 Å². The van der Waals surface area contributed by atoms with Gasteiger partial charge in [-0.1, -0.05) is 11.6 Å². The quantitative estimate of drug-likeness (QED) is 0.837. The zero-order chi connectivity index (χ0) is 10.0. The molecular weight excluding hydrogens is 262 g/mol. The van der Waals surface area contributed by atoms with Crippen molar-refractivity contribution < 1.29 is 14.3 Å². The van der Waals surface area contributed by atoms with E-state index in [1.165, 1.54) is 6.07 Å². The van der Waals surface area contributed by atoms with Crippen molar-refractivity contribution in [1.82, 2.24) is 0 Å². The largest absolute Gasteiger partial charge is 0.481 e. The van der Waals surface area contributed by atoms with Crippen molar-refractivity contribution in [2.24, 2.45) is 0 Å². The van der Waals surface area contributed by atoms with Crippen LogP contribution >= 0.6 is 27.5 Å². The van der Waals surface area contributed by atoms with Crippen LogP contribution in [0.5, 0.6) is 0 Å². The molecule has 0 amide bonds. The predicted molar refractivity (Wildman–Crippen MR) is 50.4 cm³/mol. The minimum atomic E-state index is -1.04. The molecule has 1 aromatic rings. The minimum absolute atomic E-state index is 0.240. The van der Waals surface area contributed by atoms with Crippen LogP contribution in [0.1, 0.15) is 5.56 Å². The molecule has 0 bridgehead atoms. The fraction of sp³-hybridized carbons (Fsp3) is 0.125. The zero-order valence-electron chi connectivity index (χ0n) is 6.35. The average Bonchev–Trinajstić information content (AvgIpc) is 1.98. The second-order valence-electron chi connectivity index (χ2n) is 2.43. The normalized spacial score (nSPS) is 10.1. The third-order valence-electron chi connectivity index (χ3n) is 1.41. The number of carboxylic acid groups (broad SMARTS) is 1. The fourth-order valence-corrected chi connectivity index (χ4v) is 1.55. The first-order chi connectivity index (χ1) is 6.00. The van der Waals surface area contributed by atoms with Crippen molar-refractivity contribution in [1.29, 1.82) is 0 Å². The van der Waals surface area contributed by atoms with Crippen LogP contribution in [-0.4, -0.2) is 11.1 Å². The van der Waals surface area contributed by atoms with E-state index in [1.807, 2.05) is 0 Å². The Morgan fingerprint density at radius 3 is 2.77 bits per heavy atom. The number of benzene rings is 1. The van der Waals surface area contributed by atoms with Crippen LogP contribution in [0.3, 0.4) is 0 Å². The monoisotopic (exact) mass is 266 g/mol. The lowest BCUT2D eigenvalue weighted by Gasteiger charge is -2.03. The first-order valence-electron chi connectivity index (χ1n) is 3.36. The van der Waals surface area contributed by atoms with E-state index in [4.69, 9.17) is 16.7 Å². The summed E-state index contributed by atoms with van der Waals surface area (Å²) in [6, 6.07) is 2.30. The standard InChI is InChI=1S/C8H5BrClFO2/c9-6-3-5(11)1-4(8(6)10)2-7(12)13/h1,3H,2H2,(H,12,13). The molecule has 1 N–H and O–H groups in total. The molecule has 0 spiro atoms. The summed E-state index contributed by atoms with van der Waals surface area (Å²) in [7, 11) is 0. The molecular formula is C8H5BrClFO2. The van der Waals surface area contributed by atoms with E-state index in [-0.39, 0.29) is 17.0 Å². The molecule has 0 fully saturated rings. The zero-order valence-corrected chi connectivity index (χ0v) is 8.69. The highest BCUT2D eigenvalue weighted by atomic mass is 79.9. The van der Waals surface area contributed by atoms with Crippen molar-refractivity contribution in [3.8, 4) is 0 Å². The van der Waals surface area contributed by atoms with E-state index >= 15 is 0 Å². The minimum Gasteiger partial charge on any atom is -0.481 e. The number of carboxylic acids is 1. The van der Waals surface area contributed by atoms with Crippen molar-refractivity contribution in [3.63, 3.8) is 0 Å².